The summed E-state index contributed by atoms with van der Waals surface area (Å²) < 4.78 is 28.5. The first-order valence-electron chi connectivity index (χ1n) is 5.93. The van der Waals surface area contributed by atoms with Crippen molar-refractivity contribution in [3.8, 4) is 0 Å². The molecule has 0 aromatic heterocycles. The summed E-state index contributed by atoms with van der Waals surface area (Å²) in [7, 11) is 0. The molecule has 104 valence electrons. The third-order valence-corrected chi connectivity index (χ3v) is 3.08. The maximum Gasteiger partial charge on any atom is 0.261 e. The van der Waals surface area contributed by atoms with E-state index >= 15 is 0 Å². The molecule has 0 aromatic rings. The lowest BCUT2D eigenvalue weighted by molar-refractivity contribution is 0.00571. The van der Waals surface area contributed by atoms with Crippen molar-refractivity contribution in [3.63, 3.8) is 0 Å². The van der Waals surface area contributed by atoms with E-state index in [2.05, 4.69) is 4.90 Å². The van der Waals surface area contributed by atoms with E-state index < -0.39 is 13.0 Å². The molecule has 6 heteroatoms. The fraction of sp³-hybridized carbons (Fsp3) is 1.00. The Morgan fingerprint density at radius 2 is 2.18 bits per heavy atom. The van der Waals surface area contributed by atoms with E-state index in [0.29, 0.717) is 12.5 Å². The molecule has 0 radical (unpaired) electrons. The summed E-state index contributed by atoms with van der Waals surface area (Å²) in [6, 6.07) is 0.213. The predicted octanol–water partition coefficient (Wildman–Crippen LogP) is 1.75. The molecule has 1 rings (SSSR count). The van der Waals surface area contributed by atoms with Gasteiger partial charge in [0.05, 0.1) is 6.61 Å². The second-order valence-corrected chi connectivity index (χ2v) is 4.53. The summed E-state index contributed by atoms with van der Waals surface area (Å²) in [4.78, 5) is 2.25. The Balaban J connectivity index is 0.00000256. The molecule has 2 unspecified atom stereocenters. The number of halogens is 3. The summed E-state index contributed by atoms with van der Waals surface area (Å²) in [5, 5.41) is 0. The Morgan fingerprint density at radius 3 is 2.76 bits per heavy atom. The first-order valence-corrected chi connectivity index (χ1v) is 5.93. The van der Waals surface area contributed by atoms with Crippen LogP contribution in [0.25, 0.3) is 0 Å². The second kappa shape index (κ2) is 9.03. The van der Waals surface area contributed by atoms with Crippen molar-refractivity contribution in [1.29, 1.82) is 0 Å². The molecule has 17 heavy (non-hydrogen) atoms. The van der Waals surface area contributed by atoms with Crippen LogP contribution in [0.2, 0.25) is 0 Å². The van der Waals surface area contributed by atoms with Crippen LogP contribution in [0.1, 0.15) is 19.8 Å². The predicted molar refractivity (Wildman–Crippen MR) is 66.9 cm³/mol. The molecule has 0 aromatic carbocycles. The van der Waals surface area contributed by atoms with Gasteiger partial charge in [-0.1, -0.05) is 0 Å². The zero-order chi connectivity index (χ0) is 12.0. The molecular weight excluding hydrogens is 250 g/mol. The zero-order valence-electron chi connectivity index (χ0n) is 10.3. The number of nitrogens with zero attached hydrogens (tertiary/aromatic N) is 1. The minimum absolute atomic E-state index is 0. The molecule has 1 heterocycles. The van der Waals surface area contributed by atoms with Crippen LogP contribution < -0.4 is 5.73 Å². The van der Waals surface area contributed by atoms with Crippen molar-refractivity contribution in [2.75, 3.05) is 32.8 Å². The smallest absolute Gasteiger partial charge is 0.261 e. The number of nitrogens with two attached hydrogens (primary N) is 1. The average Bonchev–Trinajstić information content (AvgIpc) is 2.24. The molecule has 1 saturated heterocycles. The first kappa shape index (κ1) is 17.0. The lowest BCUT2D eigenvalue weighted by Crippen LogP contribution is -2.43. The zero-order valence-corrected chi connectivity index (χ0v) is 11.1. The maximum atomic E-state index is 11.8. The summed E-state index contributed by atoms with van der Waals surface area (Å²) in [5.74, 6) is 0.531. The maximum absolute atomic E-state index is 11.8. The van der Waals surface area contributed by atoms with Gasteiger partial charge in [-0.3, -0.25) is 0 Å². The van der Waals surface area contributed by atoms with E-state index in [4.69, 9.17) is 10.5 Å². The van der Waals surface area contributed by atoms with Gasteiger partial charge in [-0.15, -0.1) is 12.4 Å². The molecule has 0 amide bonds. The number of rotatable bonds is 6. The highest BCUT2D eigenvalue weighted by atomic mass is 35.5. The van der Waals surface area contributed by atoms with Crippen LogP contribution >= 0.6 is 12.4 Å². The normalized spacial score (nSPS) is 23.5. The lowest BCUT2D eigenvalue weighted by atomic mass is 9.92. The fourth-order valence-corrected chi connectivity index (χ4v) is 2.09. The Hall–Kier alpha value is 0.0300. The summed E-state index contributed by atoms with van der Waals surface area (Å²) in [6.07, 6.45) is -0.0502. The minimum Gasteiger partial charge on any atom is -0.374 e. The van der Waals surface area contributed by atoms with Crippen LogP contribution in [0, 0.1) is 5.92 Å². The standard InChI is InChI=1S/C11H22F2N2O.ClH/c1-9(14)10-3-2-4-15(7-10)5-6-16-8-11(12)13;/h9-11H,2-8,14H2,1H3;1H. The van der Waals surface area contributed by atoms with Gasteiger partial charge in [-0.25, -0.2) is 8.78 Å². The van der Waals surface area contributed by atoms with E-state index in [-0.39, 0.29) is 18.4 Å². The number of hydrogen-bond donors (Lipinski definition) is 1. The van der Waals surface area contributed by atoms with Gasteiger partial charge in [0.15, 0.2) is 0 Å². The van der Waals surface area contributed by atoms with Crippen molar-refractivity contribution in [1.82, 2.24) is 4.90 Å². The van der Waals surface area contributed by atoms with Crippen molar-refractivity contribution in [3.05, 3.63) is 0 Å². The molecule has 0 bridgehead atoms. The quantitative estimate of drug-likeness (QED) is 0.749. The van der Waals surface area contributed by atoms with E-state index in [9.17, 15) is 8.78 Å². The summed E-state index contributed by atoms with van der Waals surface area (Å²) in [5.41, 5.74) is 5.87. The van der Waals surface area contributed by atoms with E-state index in [0.717, 1.165) is 26.1 Å². The highest BCUT2D eigenvalue weighted by Gasteiger charge is 2.22. The van der Waals surface area contributed by atoms with Crippen molar-refractivity contribution in [2.45, 2.75) is 32.2 Å². The van der Waals surface area contributed by atoms with Gasteiger partial charge in [0.25, 0.3) is 6.43 Å². The molecule has 2 N–H and O–H groups in total. The molecule has 0 saturated carbocycles. The monoisotopic (exact) mass is 272 g/mol. The Bertz CT molecular complexity index is 196. The van der Waals surface area contributed by atoms with Gasteiger partial charge in [-0.2, -0.15) is 0 Å². The van der Waals surface area contributed by atoms with Crippen molar-refractivity contribution < 1.29 is 13.5 Å². The SMILES string of the molecule is CC(N)C1CCCN(CCOCC(F)F)C1.Cl. The number of alkyl halides is 2. The highest BCUT2D eigenvalue weighted by molar-refractivity contribution is 5.85. The lowest BCUT2D eigenvalue weighted by Gasteiger charge is -2.34. The van der Waals surface area contributed by atoms with Crippen LogP contribution in [0.5, 0.6) is 0 Å². The van der Waals surface area contributed by atoms with E-state index in [1.165, 1.54) is 6.42 Å². The van der Waals surface area contributed by atoms with Crippen molar-refractivity contribution in [2.24, 2.45) is 11.7 Å². The van der Waals surface area contributed by atoms with E-state index in [1.807, 2.05) is 6.92 Å². The van der Waals surface area contributed by atoms with Gasteiger partial charge in [0.2, 0.25) is 0 Å². The third-order valence-electron chi connectivity index (χ3n) is 3.08. The van der Waals surface area contributed by atoms with Crippen LogP contribution in [0.15, 0.2) is 0 Å². The van der Waals surface area contributed by atoms with Crippen molar-refractivity contribution >= 4 is 12.4 Å². The number of ether oxygens (including phenoxy) is 1. The van der Waals surface area contributed by atoms with Crippen LogP contribution in [-0.4, -0.2) is 50.2 Å². The fourth-order valence-electron chi connectivity index (χ4n) is 2.09. The molecule has 2 atom stereocenters. The molecular formula is C11H23ClF2N2O. The number of likely N-dealkylation sites (tertiary alicyclic amines) is 1. The van der Waals surface area contributed by atoms with Gasteiger partial charge >= 0.3 is 0 Å². The summed E-state index contributed by atoms with van der Waals surface area (Å²) >= 11 is 0. The molecule has 1 aliphatic rings. The van der Waals surface area contributed by atoms with Crippen LogP contribution in [0.3, 0.4) is 0 Å². The minimum atomic E-state index is -2.36. The van der Waals surface area contributed by atoms with E-state index in [1.54, 1.807) is 0 Å². The third kappa shape index (κ3) is 7.13. The largest absolute Gasteiger partial charge is 0.374 e. The van der Waals surface area contributed by atoms with Gasteiger partial charge in [-0.05, 0) is 32.2 Å². The van der Waals surface area contributed by atoms with Gasteiger partial charge in [0, 0.05) is 19.1 Å². The molecule has 3 nitrogen and oxygen atoms in total. The Kier molecular flexibility index (Phi) is 9.04. The van der Waals surface area contributed by atoms with Crippen LogP contribution in [0.4, 0.5) is 8.78 Å². The molecule has 0 spiro atoms. The average molecular weight is 273 g/mol. The van der Waals surface area contributed by atoms with Gasteiger partial charge < -0.3 is 15.4 Å². The summed E-state index contributed by atoms with van der Waals surface area (Å²) in [6.45, 7) is 4.69. The number of piperidine rings is 1. The highest BCUT2D eigenvalue weighted by Crippen LogP contribution is 2.18. The second-order valence-electron chi connectivity index (χ2n) is 4.53. The van der Waals surface area contributed by atoms with Crippen LogP contribution in [-0.2, 0) is 4.74 Å². The molecule has 1 aliphatic heterocycles. The molecule has 0 aliphatic carbocycles. The molecule has 1 fully saturated rings. The Morgan fingerprint density at radius 1 is 1.47 bits per heavy atom. The first-order chi connectivity index (χ1) is 7.59. The van der Waals surface area contributed by atoms with Gasteiger partial charge in [0.1, 0.15) is 6.61 Å². The number of hydrogen-bond acceptors (Lipinski definition) is 3. The Labute approximate surface area is 108 Å². The topological polar surface area (TPSA) is 38.5 Å².